The lowest BCUT2D eigenvalue weighted by Crippen LogP contribution is -1.92. The van der Waals surface area contributed by atoms with Crippen LogP contribution in [0.4, 0.5) is 4.39 Å². The van der Waals surface area contributed by atoms with Gasteiger partial charge in [0, 0.05) is 32.9 Å². The summed E-state index contributed by atoms with van der Waals surface area (Å²) in [7, 11) is 0. The van der Waals surface area contributed by atoms with Gasteiger partial charge in [-0.25, -0.2) is 9.37 Å². The van der Waals surface area contributed by atoms with E-state index >= 15 is 0 Å². The van der Waals surface area contributed by atoms with Crippen LogP contribution in [0.15, 0.2) is 97.1 Å². The van der Waals surface area contributed by atoms with Crippen molar-refractivity contribution < 1.29 is 4.39 Å². The number of pyridine rings is 1. The number of aromatic amines is 1. The Kier molecular flexibility index (Phi) is 3.68. The molecule has 2 nitrogen and oxygen atoms in total. The summed E-state index contributed by atoms with van der Waals surface area (Å²) in [6.45, 7) is 0. The molecular formula is C27H17FN2. The summed E-state index contributed by atoms with van der Waals surface area (Å²) in [5, 5.41) is 3.29. The second-order valence-electron chi connectivity index (χ2n) is 7.49. The summed E-state index contributed by atoms with van der Waals surface area (Å²) in [5.41, 5.74) is 6.36. The van der Waals surface area contributed by atoms with E-state index in [1.807, 2.05) is 48.5 Å². The van der Waals surface area contributed by atoms with Crippen molar-refractivity contribution in [3.8, 4) is 22.4 Å². The van der Waals surface area contributed by atoms with Crippen molar-refractivity contribution in [1.29, 1.82) is 0 Å². The van der Waals surface area contributed by atoms with Gasteiger partial charge in [-0.2, -0.15) is 0 Å². The van der Waals surface area contributed by atoms with Gasteiger partial charge < -0.3 is 4.98 Å². The van der Waals surface area contributed by atoms with Crippen LogP contribution in [0.2, 0.25) is 0 Å². The molecule has 0 aliphatic carbocycles. The minimum atomic E-state index is -0.242. The monoisotopic (exact) mass is 388 g/mol. The van der Waals surface area contributed by atoms with Gasteiger partial charge in [0.25, 0.3) is 0 Å². The van der Waals surface area contributed by atoms with E-state index < -0.39 is 0 Å². The number of fused-ring (bicyclic) bond motifs is 4. The number of hydrogen-bond donors (Lipinski definition) is 1. The maximum absolute atomic E-state index is 14.6. The fourth-order valence-corrected chi connectivity index (χ4v) is 4.24. The number of H-pyrrole nitrogens is 1. The van der Waals surface area contributed by atoms with Gasteiger partial charge in [-0.05, 0) is 47.5 Å². The van der Waals surface area contributed by atoms with E-state index in [4.69, 9.17) is 4.98 Å². The molecule has 6 rings (SSSR count). The number of rotatable bonds is 2. The van der Waals surface area contributed by atoms with Gasteiger partial charge in [-0.15, -0.1) is 0 Å². The molecule has 30 heavy (non-hydrogen) atoms. The molecule has 142 valence electrons. The number of nitrogens with one attached hydrogen (secondary N) is 1. The number of hydrogen-bond acceptors (Lipinski definition) is 1. The lowest BCUT2D eigenvalue weighted by Gasteiger charge is -2.13. The molecule has 0 amide bonds. The van der Waals surface area contributed by atoms with Crippen molar-refractivity contribution in [2.24, 2.45) is 0 Å². The normalized spacial score (nSPS) is 11.5. The quantitative estimate of drug-likeness (QED) is 0.330. The van der Waals surface area contributed by atoms with E-state index in [1.165, 1.54) is 6.07 Å². The highest BCUT2D eigenvalue weighted by Gasteiger charge is 2.14. The van der Waals surface area contributed by atoms with Crippen LogP contribution in [-0.4, -0.2) is 9.97 Å². The third-order valence-corrected chi connectivity index (χ3v) is 5.67. The Morgan fingerprint density at radius 2 is 1.37 bits per heavy atom. The first kappa shape index (κ1) is 16.9. The van der Waals surface area contributed by atoms with E-state index in [-0.39, 0.29) is 5.82 Å². The highest BCUT2D eigenvalue weighted by molar-refractivity contribution is 6.13. The molecule has 0 aliphatic heterocycles. The fraction of sp³-hybridized carbons (Fsp3) is 0. The van der Waals surface area contributed by atoms with Crippen LogP contribution in [0.3, 0.4) is 0 Å². The molecule has 0 saturated heterocycles. The van der Waals surface area contributed by atoms with Crippen LogP contribution in [0.1, 0.15) is 0 Å². The van der Waals surface area contributed by atoms with Gasteiger partial charge in [0.2, 0.25) is 0 Å². The molecule has 0 fully saturated rings. The summed E-state index contributed by atoms with van der Waals surface area (Å²) in [6.07, 6.45) is 0. The smallest absolute Gasteiger partial charge is 0.132 e. The molecule has 2 heterocycles. The average Bonchev–Trinajstić information content (AvgIpc) is 3.15. The molecule has 1 N–H and O–H groups in total. The van der Waals surface area contributed by atoms with Crippen LogP contribution < -0.4 is 0 Å². The molecule has 0 aliphatic rings. The first-order chi connectivity index (χ1) is 14.8. The highest BCUT2D eigenvalue weighted by Crippen LogP contribution is 2.36. The zero-order chi connectivity index (χ0) is 20.1. The predicted octanol–water partition coefficient (Wildman–Crippen LogP) is 7.34. The van der Waals surface area contributed by atoms with Crippen LogP contribution in [-0.2, 0) is 0 Å². The highest BCUT2D eigenvalue weighted by atomic mass is 19.1. The molecule has 6 aromatic rings. The Hall–Kier alpha value is -3.98. The number of halogens is 1. The maximum atomic E-state index is 14.6. The molecule has 0 saturated carbocycles. The van der Waals surface area contributed by atoms with E-state index in [2.05, 4.69) is 35.3 Å². The van der Waals surface area contributed by atoms with E-state index in [9.17, 15) is 4.39 Å². The van der Waals surface area contributed by atoms with E-state index in [1.54, 1.807) is 12.1 Å². The summed E-state index contributed by atoms with van der Waals surface area (Å²) >= 11 is 0. The van der Waals surface area contributed by atoms with Gasteiger partial charge in [0.15, 0.2) is 0 Å². The fourth-order valence-electron chi connectivity index (χ4n) is 4.24. The second kappa shape index (κ2) is 6.53. The Balaban J connectivity index is 1.74. The predicted molar refractivity (Wildman–Crippen MR) is 122 cm³/mol. The molecule has 0 unspecified atom stereocenters. The Bertz CT molecular complexity index is 1550. The lowest BCUT2D eigenvalue weighted by molar-refractivity contribution is 0.631. The average molecular weight is 388 g/mol. The standard InChI is InChI=1S/C27H17FN2/c28-23-12-6-4-11-19(23)25-14-20(17-8-2-1-3-9-17)22-16-26-21(15-27(22)30-25)18-10-5-7-13-24(18)29-26/h1-16,30H. The minimum absolute atomic E-state index is 0.242. The van der Waals surface area contributed by atoms with Gasteiger partial charge in [0.05, 0.1) is 11.0 Å². The number of benzene rings is 4. The topological polar surface area (TPSA) is 28.7 Å². The summed E-state index contributed by atoms with van der Waals surface area (Å²) in [4.78, 5) is 8.29. The molecule has 0 bridgehead atoms. The van der Waals surface area contributed by atoms with Crippen LogP contribution in [0.5, 0.6) is 0 Å². The SMILES string of the molecule is Fc1ccccc1-c1cc(-c2ccccc2)c2cc3nc4ccccc4c3cc2[nH]1. The first-order valence-corrected chi connectivity index (χ1v) is 9.93. The number of aromatic nitrogens is 2. The van der Waals surface area contributed by atoms with Crippen molar-refractivity contribution >= 4 is 32.7 Å². The maximum Gasteiger partial charge on any atom is 0.132 e. The molecule has 0 spiro atoms. The van der Waals surface area contributed by atoms with Crippen molar-refractivity contribution in [1.82, 2.24) is 9.97 Å². The van der Waals surface area contributed by atoms with Crippen molar-refractivity contribution in [2.75, 3.05) is 0 Å². The summed E-state index contributed by atoms with van der Waals surface area (Å²) in [6, 6.07) is 31.5. The summed E-state index contributed by atoms with van der Waals surface area (Å²) < 4.78 is 14.6. The van der Waals surface area contributed by atoms with Crippen molar-refractivity contribution in [3.63, 3.8) is 0 Å². The van der Waals surface area contributed by atoms with Gasteiger partial charge in [-0.3, -0.25) is 0 Å². The molecule has 0 atom stereocenters. The zero-order valence-corrected chi connectivity index (χ0v) is 16.1. The Labute approximate surface area is 172 Å². The molecule has 3 heteroatoms. The van der Waals surface area contributed by atoms with E-state index in [0.29, 0.717) is 5.56 Å². The third-order valence-electron chi connectivity index (χ3n) is 5.67. The molecular weight excluding hydrogens is 371 g/mol. The van der Waals surface area contributed by atoms with Gasteiger partial charge in [-0.1, -0.05) is 60.7 Å². The minimum Gasteiger partial charge on any atom is -0.354 e. The Morgan fingerprint density at radius 3 is 2.23 bits per heavy atom. The molecule has 2 aromatic heterocycles. The largest absolute Gasteiger partial charge is 0.354 e. The molecule has 0 radical (unpaired) electrons. The van der Waals surface area contributed by atoms with Crippen LogP contribution >= 0.6 is 0 Å². The lowest BCUT2D eigenvalue weighted by atomic mass is 9.97. The van der Waals surface area contributed by atoms with Crippen LogP contribution in [0.25, 0.3) is 55.1 Å². The van der Waals surface area contributed by atoms with Crippen molar-refractivity contribution in [3.05, 3.63) is 103 Å². The third kappa shape index (κ3) is 2.60. The zero-order valence-electron chi connectivity index (χ0n) is 16.1. The van der Waals surface area contributed by atoms with Gasteiger partial charge >= 0.3 is 0 Å². The summed E-state index contributed by atoms with van der Waals surface area (Å²) in [5.74, 6) is -0.242. The van der Waals surface area contributed by atoms with Crippen molar-refractivity contribution in [2.45, 2.75) is 0 Å². The Morgan fingerprint density at radius 1 is 0.600 bits per heavy atom. The molecule has 4 aromatic carbocycles. The number of para-hydroxylation sites is 1. The van der Waals surface area contributed by atoms with Gasteiger partial charge in [0.1, 0.15) is 5.82 Å². The second-order valence-corrected chi connectivity index (χ2v) is 7.49. The first-order valence-electron chi connectivity index (χ1n) is 9.93. The number of nitrogens with zero attached hydrogens (tertiary/aromatic N) is 1. The van der Waals surface area contributed by atoms with E-state index in [0.717, 1.165) is 49.5 Å². The van der Waals surface area contributed by atoms with Crippen LogP contribution in [0, 0.1) is 5.82 Å².